The van der Waals surface area contributed by atoms with Crippen molar-refractivity contribution in [3.63, 3.8) is 0 Å². The van der Waals surface area contributed by atoms with E-state index in [0.717, 1.165) is 5.57 Å². The molecule has 44 heavy (non-hydrogen) atoms. The van der Waals surface area contributed by atoms with Crippen LogP contribution in [0.4, 0.5) is 0 Å². The van der Waals surface area contributed by atoms with Crippen LogP contribution in [0.15, 0.2) is 53.9 Å². The van der Waals surface area contributed by atoms with Gasteiger partial charge in [0.15, 0.2) is 0 Å². The molecule has 2 saturated carbocycles. The first-order valence-electron chi connectivity index (χ1n) is 9.59. The van der Waals surface area contributed by atoms with Crippen molar-refractivity contribution in [3.05, 3.63) is 177 Å². The Labute approximate surface area is 299 Å². The first-order chi connectivity index (χ1) is 20.2. The van der Waals surface area contributed by atoms with Gasteiger partial charge in [0.2, 0.25) is 0 Å². The topological polar surface area (TPSA) is 179 Å². The van der Waals surface area contributed by atoms with E-state index in [4.69, 9.17) is 41.9 Å². The van der Waals surface area contributed by atoms with Gasteiger partial charge in [-0.05, 0) is 90.4 Å². The first kappa shape index (κ1) is 73.8. The van der Waals surface area contributed by atoms with Gasteiger partial charge in [-0.2, -0.15) is 0 Å². The Hall–Kier alpha value is -1.48. The van der Waals surface area contributed by atoms with E-state index in [1.54, 1.807) is 0 Å². The van der Waals surface area contributed by atoms with Gasteiger partial charge in [-0.3, -0.25) is 0 Å². The van der Waals surface area contributed by atoms with Crippen molar-refractivity contribution in [1.82, 2.24) is 0 Å². The Morgan fingerprint density at radius 3 is 1.07 bits per heavy atom. The fourth-order valence-electron chi connectivity index (χ4n) is 2.04. The average Bonchev–Trinajstić information content (AvgIpc) is 3.87. The normalized spacial score (nSPS) is 10.9. The molecular weight excluding hydrogens is 843 g/mol. The molecule has 0 amide bonds. The molecule has 0 bridgehead atoms. The zero-order valence-corrected chi connectivity index (χ0v) is 29.1. The Bertz CT molecular complexity index is 802. The second-order valence-corrected chi connectivity index (χ2v) is 7.43. The maximum absolute atomic E-state index is 7.50. The van der Waals surface area contributed by atoms with Gasteiger partial charge in [0.05, 0.1) is 0 Å². The first-order valence-corrected chi connectivity index (χ1v) is 11.0. The van der Waals surface area contributed by atoms with Crippen LogP contribution < -0.4 is 5.30 Å². The average molecular weight is 866 g/mol. The molecule has 1 aromatic carbocycles. The minimum absolute atomic E-state index is 0. The maximum Gasteiger partial charge on any atom is 0 e. The number of hydrogen-bond acceptors (Lipinski definition) is 0. The van der Waals surface area contributed by atoms with Crippen molar-refractivity contribution in [2.45, 2.75) is 13.8 Å². The summed E-state index contributed by atoms with van der Waals surface area (Å²) >= 11 is 0. The largest absolute Gasteiger partial charge is 0.0312 e. The summed E-state index contributed by atoms with van der Waals surface area (Å²) in [6, 6.07) is 10.7. The van der Waals surface area contributed by atoms with Gasteiger partial charge < -0.3 is 0 Å². The molecular formula is C31H23Fe2O9PW. The smallest absolute Gasteiger partial charge is 0 e. The molecule has 3 rings (SSSR count). The van der Waals surface area contributed by atoms with Crippen LogP contribution in [0.5, 0.6) is 0 Å². The van der Waals surface area contributed by atoms with Crippen LogP contribution in [-0.4, -0.2) is 0 Å². The number of hydrogen-bond donors (Lipinski definition) is 0. The molecule has 9 nitrogen and oxygen atoms in total. The summed E-state index contributed by atoms with van der Waals surface area (Å²) in [7, 11) is -0.409. The van der Waals surface area contributed by atoms with Gasteiger partial charge in [-0.25, -0.2) is 0 Å². The van der Waals surface area contributed by atoms with Crippen LogP contribution in [0.2, 0.25) is 0 Å². The van der Waals surface area contributed by atoms with E-state index in [1.165, 1.54) is 16.5 Å². The molecule has 10 radical (unpaired) electrons. The zero-order valence-electron chi connectivity index (χ0n) is 23.1. The SMILES string of the molecule is C=C(C)/C(C)=C/P([C]1[CH][CH][CH][CH]1)c1ccccc1.[C-]#[O+].[C-]#[O+].[C-]#[O+].[C-]#[O+].[C-]#[O+].[C-]#[O+].[C-]#[O+].[C-]#[O+].[C-]#[O+].[CH]1[CH][CH][CH][CH]1.[Fe].[Fe].[W]. The van der Waals surface area contributed by atoms with E-state index in [9.17, 15) is 0 Å². The molecule has 1 aromatic rings. The predicted molar refractivity (Wildman–Crippen MR) is 139 cm³/mol. The van der Waals surface area contributed by atoms with Crippen LogP contribution in [0.25, 0.3) is 0 Å². The molecule has 0 spiro atoms. The van der Waals surface area contributed by atoms with E-state index in [2.05, 4.69) is 142 Å². The van der Waals surface area contributed by atoms with Gasteiger partial charge in [0.1, 0.15) is 0 Å². The second kappa shape index (κ2) is 83.8. The van der Waals surface area contributed by atoms with Crippen LogP contribution >= 0.6 is 7.92 Å². The molecule has 228 valence electrons. The van der Waals surface area contributed by atoms with Crippen LogP contribution in [-0.2, 0) is 97.1 Å². The Kier molecular flexibility index (Phi) is 141. The molecule has 1 atom stereocenters. The summed E-state index contributed by atoms with van der Waals surface area (Å²) in [5, 5.41) is 1.39. The van der Waals surface area contributed by atoms with Crippen molar-refractivity contribution in [3.8, 4) is 0 Å². The summed E-state index contributed by atoms with van der Waals surface area (Å²) in [6.07, 6.45) is 18.6. The molecule has 0 aromatic heterocycles. The fourth-order valence-corrected chi connectivity index (χ4v) is 4.23. The molecule has 2 fully saturated rings. The monoisotopic (exact) mass is 866 g/mol. The summed E-state index contributed by atoms with van der Waals surface area (Å²) in [5.41, 5.74) is 3.83. The third-order valence-electron chi connectivity index (χ3n) is 3.51. The fraction of sp³-hybridized carbons (Fsp3) is 0.0645. The van der Waals surface area contributed by atoms with E-state index < -0.39 is 7.92 Å². The Morgan fingerprint density at radius 2 is 0.818 bits per heavy atom. The minimum atomic E-state index is -0.409. The molecule has 0 heterocycles. The third kappa shape index (κ3) is 53.1. The van der Waals surface area contributed by atoms with Gasteiger partial charge >= 0.3 is 102 Å². The quantitative estimate of drug-likeness (QED) is 0.125. The summed E-state index contributed by atoms with van der Waals surface area (Å²) in [6.45, 7) is 48.7. The van der Waals surface area contributed by atoms with Crippen LogP contribution in [0.1, 0.15) is 13.8 Å². The van der Waals surface area contributed by atoms with E-state index in [1.807, 2.05) is 32.1 Å². The molecule has 13 heteroatoms. The number of benzene rings is 1. The predicted octanol–water partition coefficient (Wildman–Crippen LogP) is 5.31. The van der Waals surface area contributed by atoms with E-state index in [0.29, 0.717) is 0 Å². The van der Waals surface area contributed by atoms with Crippen LogP contribution in [0, 0.1) is 123 Å². The second-order valence-electron chi connectivity index (χ2n) is 5.40. The van der Waals surface area contributed by atoms with Crippen molar-refractivity contribution < 1.29 is 97.1 Å². The number of rotatable bonds is 4. The van der Waals surface area contributed by atoms with Gasteiger partial charge in [-0.1, -0.05) is 48.3 Å². The molecule has 1 unspecified atom stereocenters. The van der Waals surface area contributed by atoms with Gasteiger partial charge in [-0.15, -0.1) is 0 Å². The summed E-state index contributed by atoms with van der Waals surface area (Å²) in [4.78, 5) is 0. The van der Waals surface area contributed by atoms with Crippen molar-refractivity contribution >= 4 is 13.2 Å². The minimum Gasteiger partial charge on any atom is -0.0312 e. The number of allylic oxidation sites excluding steroid dienone is 2. The van der Waals surface area contributed by atoms with E-state index >= 15 is 0 Å². The third-order valence-corrected chi connectivity index (χ3v) is 5.86. The Morgan fingerprint density at radius 1 is 0.545 bits per heavy atom. The van der Waals surface area contributed by atoms with Crippen molar-refractivity contribution in [1.29, 1.82) is 0 Å². The Balaban J connectivity index is -0.0000000394. The van der Waals surface area contributed by atoms with Crippen molar-refractivity contribution in [2.24, 2.45) is 0 Å². The maximum atomic E-state index is 7.50. The molecule has 0 saturated heterocycles. The van der Waals surface area contributed by atoms with Gasteiger partial charge in [0.25, 0.3) is 0 Å². The molecule has 2 aliphatic carbocycles. The summed E-state index contributed by atoms with van der Waals surface area (Å²) in [5.74, 6) is 2.36. The summed E-state index contributed by atoms with van der Waals surface area (Å²) < 4.78 is 67.5. The van der Waals surface area contributed by atoms with E-state index in [-0.39, 0.29) is 55.2 Å². The molecule has 0 aliphatic heterocycles. The molecule has 0 N–H and O–H groups in total. The van der Waals surface area contributed by atoms with Gasteiger partial charge in [0, 0.05) is 60.9 Å². The van der Waals surface area contributed by atoms with Crippen molar-refractivity contribution in [2.75, 3.05) is 0 Å². The standard InChI is InChI=1S/C17H18P.C5H5.9CO.2Fe.W/c1-14(2)15(3)13-18(17-11-7-8-12-17)16-9-5-4-6-10-16;1-2-4-5-3-1;9*1-2;;;/h4-13H,1H2,2-3H3;1-5H;;;;;;;;;;;;/b15-13+;;;;;;;;;;;;;. The van der Waals surface area contributed by atoms with Crippen LogP contribution in [0.3, 0.4) is 0 Å². The molecule has 2 aliphatic rings. The zero-order chi connectivity index (χ0) is 34.5.